The van der Waals surface area contributed by atoms with Gasteiger partial charge in [-0.05, 0) is 37.3 Å². The van der Waals surface area contributed by atoms with Crippen molar-refractivity contribution in [3.8, 4) is 0 Å². The van der Waals surface area contributed by atoms with E-state index in [1.165, 1.54) is 6.07 Å². The van der Waals surface area contributed by atoms with Crippen LogP contribution in [-0.4, -0.2) is 12.8 Å². The molecule has 2 rings (SSSR count). The molecule has 1 heterocycles. The average Bonchev–Trinajstić information content (AvgIpc) is 2.89. The predicted molar refractivity (Wildman–Crippen MR) is 67.2 cm³/mol. The van der Waals surface area contributed by atoms with E-state index in [0.717, 1.165) is 5.76 Å². The monoisotopic (exact) mass is 247 g/mol. The van der Waals surface area contributed by atoms with Gasteiger partial charge < -0.3 is 9.32 Å². The molecule has 0 bridgehead atoms. The molecular formula is C14H14FNO2. The van der Waals surface area contributed by atoms with Gasteiger partial charge in [0.1, 0.15) is 17.9 Å². The summed E-state index contributed by atoms with van der Waals surface area (Å²) in [6.45, 7) is 3.09. The lowest BCUT2D eigenvalue weighted by Gasteiger charge is -2.22. The molecule has 0 radical (unpaired) electrons. The number of carbonyl (C=O) groups excluding carboxylic acids is 1. The van der Waals surface area contributed by atoms with Gasteiger partial charge in [0.05, 0.1) is 18.5 Å². The second-order valence-electron chi connectivity index (χ2n) is 3.92. The van der Waals surface area contributed by atoms with Crippen LogP contribution in [0.5, 0.6) is 0 Å². The van der Waals surface area contributed by atoms with Crippen LogP contribution in [0.4, 0.5) is 10.1 Å². The number of hydrogen-bond donors (Lipinski definition) is 0. The molecule has 0 saturated heterocycles. The average molecular weight is 247 g/mol. The Labute approximate surface area is 105 Å². The first-order valence-electron chi connectivity index (χ1n) is 5.76. The van der Waals surface area contributed by atoms with Crippen LogP contribution in [0, 0.1) is 5.82 Å². The summed E-state index contributed by atoms with van der Waals surface area (Å²) in [6.07, 6.45) is 2.23. The van der Waals surface area contributed by atoms with Crippen LogP contribution in [0.3, 0.4) is 0 Å². The molecule has 0 fully saturated rings. The summed E-state index contributed by atoms with van der Waals surface area (Å²) in [4.78, 5) is 12.4. The van der Waals surface area contributed by atoms with Gasteiger partial charge in [-0.3, -0.25) is 4.79 Å². The fourth-order valence-corrected chi connectivity index (χ4v) is 1.81. The van der Waals surface area contributed by atoms with Gasteiger partial charge in [0.25, 0.3) is 0 Å². The van der Waals surface area contributed by atoms with E-state index >= 15 is 0 Å². The molecule has 0 aliphatic heterocycles. The van der Waals surface area contributed by atoms with E-state index in [1.54, 1.807) is 24.5 Å². The van der Waals surface area contributed by atoms with Crippen molar-refractivity contribution in [1.29, 1.82) is 0 Å². The summed E-state index contributed by atoms with van der Waals surface area (Å²) >= 11 is 0. The van der Waals surface area contributed by atoms with E-state index < -0.39 is 5.82 Å². The standard InChI is InChI=1S/C14H14FNO2/c1-2-16(9-12-4-3-7-18-12)14-6-5-11(10-17)8-13(14)15/h3-8,10H,2,9H2,1H3. The van der Waals surface area contributed by atoms with Gasteiger partial charge in [0.15, 0.2) is 0 Å². The Morgan fingerprint density at radius 3 is 2.78 bits per heavy atom. The summed E-state index contributed by atoms with van der Waals surface area (Å²) in [5, 5.41) is 0. The molecule has 0 N–H and O–H groups in total. The van der Waals surface area contributed by atoms with Crippen LogP contribution in [-0.2, 0) is 6.54 Å². The Bertz CT molecular complexity index is 523. The van der Waals surface area contributed by atoms with Crippen molar-refractivity contribution >= 4 is 12.0 Å². The second kappa shape index (κ2) is 5.49. The highest BCUT2D eigenvalue weighted by Crippen LogP contribution is 2.22. The molecule has 4 heteroatoms. The van der Waals surface area contributed by atoms with Crippen molar-refractivity contribution in [3.63, 3.8) is 0 Å². The van der Waals surface area contributed by atoms with Crippen molar-refractivity contribution in [2.45, 2.75) is 13.5 Å². The quantitative estimate of drug-likeness (QED) is 0.760. The molecule has 2 aromatic rings. The van der Waals surface area contributed by atoms with Gasteiger partial charge in [0.2, 0.25) is 0 Å². The minimum atomic E-state index is -0.395. The summed E-state index contributed by atoms with van der Waals surface area (Å²) in [5.74, 6) is 0.378. The molecule has 0 saturated carbocycles. The zero-order chi connectivity index (χ0) is 13.0. The number of carbonyl (C=O) groups is 1. The van der Waals surface area contributed by atoms with Crippen molar-refractivity contribution < 1.29 is 13.6 Å². The molecule has 0 aliphatic rings. The number of aldehydes is 1. The Morgan fingerprint density at radius 2 is 2.22 bits per heavy atom. The van der Waals surface area contributed by atoms with Crippen LogP contribution in [0.1, 0.15) is 23.0 Å². The minimum absolute atomic E-state index is 0.338. The summed E-state index contributed by atoms with van der Waals surface area (Å²) < 4.78 is 19.1. The number of anilines is 1. The van der Waals surface area contributed by atoms with Crippen LogP contribution in [0.25, 0.3) is 0 Å². The van der Waals surface area contributed by atoms with E-state index in [-0.39, 0.29) is 0 Å². The van der Waals surface area contributed by atoms with E-state index in [1.807, 2.05) is 17.9 Å². The summed E-state index contributed by atoms with van der Waals surface area (Å²) in [6, 6.07) is 8.12. The lowest BCUT2D eigenvalue weighted by molar-refractivity contribution is 0.112. The summed E-state index contributed by atoms with van der Waals surface area (Å²) in [5.41, 5.74) is 0.810. The topological polar surface area (TPSA) is 33.5 Å². The maximum atomic E-state index is 13.9. The molecule has 0 unspecified atom stereocenters. The number of hydrogen-bond acceptors (Lipinski definition) is 3. The molecule has 18 heavy (non-hydrogen) atoms. The van der Waals surface area contributed by atoms with Gasteiger partial charge in [-0.2, -0.15) is 0 Å². The largest absolute Gasteiger partial charge is 0.467 e. The molecule has 1 aromatic carbocycles. The molecule has 3 nitrogen and oxygen atoms in total. The highest BCUT2D eigenvalue weighted by molar-refractivity contribution is 5.76. The lowest BCUT2D eigenvalue weighted by Crippen LogP contribution is -2.22. The molecule has 94 valence electrons. The molecular weight excluding hydrogens is 233 g/mol. The highest BCUT2D eigenvalue weighted by Gasteiger charge is 2.12. The number of nitrogens with zero attached hydrogens (tertiary/aromatic N) is 1. The normalized spacial score (nSPS) is 10.3. The van der Waals surface area contributed by atoms with E-state index in [4.69, 9.17) is 4.42 Å². The fraction of sp³-hybridized carbons (Fsp3) is 0.214. The number of halogens is 1. The molecule has 0 atom stereocenters. The van der Waals surface area contributed by atoms with E-state index in [2.05, 4.69) is 0 Å². The Balaban J connectivity index is 2.24. The first kappa shape index (κ1) is 12.4. The Kier molecular flexibility index (Phi) is 3.77. The van der Waals surface area contributed by atoms with Crippen molar-refractivity contribution in [1.82, 2.24) is 0 Å². The SMILES string of the molecule is CCN(Cc1ccco1)c1ccc(C=O)cc1F. The van der Waals surface area contributed by atoms with E-state index in [0.29, 0.717) is 30.6 Å². The Hall–Kier alpha value is -2.10. The first-order valence-corrected chi connectivity index (χ1v) is 5.76. The third-order valence-electron chi connectivity index (χ3n) is 2.76. The molecule has 0 amide bonds. The molecule has 0 spiro atoms. The third-order valence-corrected chi connectivity index (χ3v) is 2.76. The number of rotatable bonds is 5. The van der Waals surface area contributed by atoms with Crippen LogP contribution < -0.4 is 4.90 Å². The lowest BCUT2D eigenvalue weighted by atomic mass is 10.2. The third kappa shape index (κ3) is 2.59. The van der Waals surface area contributed by atoms with E-state index in [9.17, 15) is 9.18 Å². The maximum absolute atomic E-state index is 13.9. The smallest absolute Gasteiger partial charge is 0.150 e. The predicted octanol–water partition coefficient (Wildman–Crippen LogP) is 3.26. The summed E-state index contributed by atoms with van der Waals surface area (Å²) in [7, 11) is 0. The molecule has 1 aromatic heterocycles. The highest BCUT2D eigenvalue weighted by atomic mass is 19.1. The van der Waals surface area contributed by atoms with Crippen molar-refractivity contribution in [3.05, 3.63) is 53.7 Å². The number of furan rings is 1. The Morgan fingerprint density at radius 1 is 1.39 bits per heavy atom. The van der Waals surface area contributed by atoms with Gasteiger partial charge in [0, 0.05) is 12.1 Å². The van der Waals surface area contributed by atoms with Gasteiger partial charge in [-0.1, -0.05) is 0 Å². The van der Waals surface area contributed by atoms with Crippen molar-refractivity contribution in [2.75, 3.05) is 11.4 Å². The molecule has 0 aliphatic carbocycles. The van der Waals surface area contributed by atoms with Gasteiger partial charge in [-0.25, -0.2) is 4.39 Å². The number of benzene rings is 1. The van der Waals surface area contributed by atoms with Gasteiger partial charge in [-0.15, -0.1) is 0 Å². The fourth-order valence-electron chi connectivity index (χ4n) is 1.81. The second-order valence-corrected chi connectivity index (χ2v) is 3.92. The zero-order valence-corrected chi connectivity index (χ0v) is 10.1. The van der Waals surface area contributed by atoms with Gasteiger partial charge >= 0.3 is 0 Å². The zero-order valence-electron chi connectivity index (χ0n) is 10.1. The van der Waals surface area contributed by atoms with Crippen LogP contribution >= 0.6 is 0 Å². The van der Waals surface area contributed by atoms with Crippen LogP contribution in [0.2, 0.25) is 0 Å². The maximum Gasteiger partial charge on any atom is 0.150 e. The van der Waals surface area contributed by atoms with Crippen molar-refractivity contribution in [2.24, 2.45) is 0 Å². The minimum Gasteiger partial charge on any atom is -0.467 e. The first-order chi connectivity index (χ1) is 8.74. The van der Waals surface area contributed by atoms with Crippen LogP contribution in [0.15, 0.2) is 41.0 Å².